The normalized spacial score (nSPS) is 30.4. The highest BCUT2D eigenvalue weighted by atomic mass is 35.5. The number of nitrogens with zero attached hydrogens (tertiary/aromatic N) is 1. The van der Waals surface area contributed by atoms with Gasteiger partial charge in [-0.05, 0) is 0 Å². The minimum absolute atomic E-state index is 0.111. The lowest BCUT2D eigenvalue weighted by molar-refractivity contribution is -0.0481. The largest absolute Gasteiger partial charge is 0.375 e. The molecule has 0 radical (unpaired) electrons. The molecule has 2 rings (SSSR count). The summed E-state index contributed by atoms with van der Waals surface area (Å²) in [5.41, 5.74) is -2.72. The number of rotatable bonds is 2. The van der Waals surface area contributed by atoms with Crippen LogP contribution in [0.25, 0.3) is 0 Å². The van der Waals surface area contributed by atoms with Crippen LogP contribution in [0, 0.1) is 0 Å². The number of aliphatic hydroxyl groups is 1. The number of H-pyrrole nitrogens is 1. The van der Waals surface area contributed by atoms with Gasteiger partial charge in [0.25, 0.3) is 5.56 Å². The summed E-state index contributed by atoms with van der Waals surface area (Å²) < 4.78 is 19.6. The maximum Gasteiger partial charge on any atom is 0.330 e. The van der Waals surface area contributed by atoms with Gasteiger partial charge in [-0.15, -0.1) is 0 Å². The van der Waals surface area contributed by atoms with Crippen LogP contribution >= 0.6 is 11.6 Å². The molecular weight excluding hydrogens is 255 g/mol. The lowest BCUT2D eigenvalue weighted by atomic mass is 10.2. The molecule has 0 saturated carbocycles. The molecule has 0 aromatic carbocycles. The van der Waals surface area contributed by atoms with Gasteiger partial charge in [0.05, 0.1) is 0 Å². The van der Waals surface area contributed by atoms with Gasteiger partial charge in [-0.1, -0.05) is 11.6 Å². The molecule has 0 aliphatic carbocycles. The average Bonchev–Trinajstić information content (AvgIpc) is 2.60. The summed E-state index contributed by atoms with van der Waals surface area (Å²) in [6.45, 7) is 0. The molecule has 0 amide bonds. The van der Waals surface area contributed by atoms with Crippen LogP contribution < -0.4 is 11.2 Å². The third kappa shape index (κ3) is 2.41. The van der Waals surface area contributed by atoms with Gasteiger partial charge >= 0.3 is 5.69 Å². The van der Waals surface area contributed by atoms with Crippen molar-refractivity contribution in [2.24, 2.45) is 0 Å². The molecule has 0 bridgehead atoms. The van der Waals surface area contributed by atoms with E-state index in [1.807, 2.05) is 4.98 Å². The van der Waals surface area contributed by atoms with Crippen LogP contribution in [0.15, 0.2) is 21.9 Å². The first-order chi connectivity index (χ1) is 7.99. The smallest absolute Gasteiger partial charge is 0.330 e. The molecule has 1 unspecified atom stereocenters. The predicted octanol–water partition coefficient (Wildman–Crippen LogP) is -0.281. The molecule has 6 nitrogen and oxygen atoms in total. The van der Waals surface area contributed by atoms with Gasteiger partial charge in [0.2, 0.25) is 0 Å². The van der Waals surface area contributed by atoms with Gasteiger partial charge < -0.3 is 9.84 Å². The molecule has 17 heavy (non-hydrogen) atoms. The summed E-state index contributed by atoms with van der Waals surface area (Å²) in [6.07, 6.45) is -2.43. The Morgan fingerprint density at radius 3 is 2.88 bits per heavy atom. The number of ether oxygens (including phenoxy) is 1. The fourth-order valence-electron chi connectivity index (χ4n) is 1.72. The van der Waals surface area contributed by atoms with E-state index in [9.17, 15) is 14.0 Å². The Morgan fingerprint density at radius 2 is 2.35 bits per heavy atom. The van der Waals surface area contributed by atoms with Gasteiger partial charge in [-0.3, -0.25) is 14.3 Å². The highest BCUT2D eigenvalue weighted by molar-refractivity contribution is 6.19. The third-order valence-electron chi connectivity index (χ3n) is 2.53. The fourth-order valence-corrected chi connectivity index (χ4v) is 1.94. The minimum Gasteiger partial charge on any atom is -0.375 e. The van der Waals surface area contributed by atoms with Gasteiger partial charge in [0, 0.05) is 18.7 Å². The molecule has 1 aromatic heterocycles. The van der Waals surface area contributed by atoms with Crippen molar-refractivity contribution in [3.8, 4) is 0 Å². The van der Waals surface area contributed by atoms with Crippen LogP contribution in [-0.2, 0) is 4.74 Å². The number of aromatic nitrogens is 2. The maximum absolute atomic E-state index is 13.4. The number of nitrogens with one attached hydrogen (secondary N) is 1. The molecule has 1 fully saturated rings. The van der Waals surface area contributed by atoms with Crippen LogP contribution in [0.5, 0.6) is 0 Å². The molecular formula is C9H10ClFN2O4. The molecule has 1 aromatic rings. The zero-order valence-corrected chi connectivity index (χ0v) is 9.30. The Bertz CT molecular complexity index is 514. The Hall–Kier alpha value is -1.18. The molecule has 0 spiro atoms. The summed E-state index contributed by atoms with van der Waals surface area (Å²) in [6, 6.07) is 1.13. The standard InChI is InChI=1S/C9H10ClFN2O4/c10-8(15)7-4(11)3-6(17-7)13-2-1-5(14)12-9(13)16/h1-2,4,6-8,15H,3H2,(H,12,14,16)/t4-,6+,7-,8?/m0/s1. The van der Waals surface area contributed by atoms with E-state index in [1.165, 1.54) is 6.20 Å². The highest BCUT2D eigenvalue weighted by Crippen LogP contribution is 2.32. The quantitative estimate of drug-likeness (QED) is 0.720. The van der Waals surface area contributed by atoms with Crippen molar-refractivity contribution in [1.82, 2.24) is 9.55 Å². The molecule has 8 heteroatoms. The topological polar surface area (TPSA) is 84.3 Å². The molecule has 94 valence electrons. The lowest BCUT2D eigenvalue weighted by Gasteiger charge is -2.16. The van der Waals surface area contributed by atoms with E-state index < -0.39 is 35.3 Å². The van der Waals surface area contributed by atoms with Crippen molar-refractivity contribution >= 4 is 11.6 Å². The average molecular weight is 265 g/mol. The first-order valence-corrected chi connectivity index (χ1v) is 5.36. The van der Waals surface area contributed by atoms with E-state index in [4.69, 9.17) is 21.4 Å². The van der Waals surface area contributed by atoms with Crippen molar-refractivity contribution in [2.45, 2.75) is 30.5 Å². The number of hydrogen-bond acceptors (Lipinski definition) is 4. The van der Waals surface area contributed by atoms with Crippen molar-refractivity contribution in [1.29, 1.82) is 0 Å². The van der Waals surface area contributed by atoms with Crippen LogP contribution in [0.2, 0.25) is 0 Å². The van der Waals surface area contributed by atoms with E-state index in [1.54, 1.807) is 0 Å². The Morgan fingerprint density at radius 1 is 1.65 bits per heavy atom. The fraction of sp³-hybridized carbons (Fsp3) is 0.556. The van der Waals surface area contributed by atoms with E-state index in [0.29, 0.717) is 0 Å². The summed E-state index contributed by atoms with van der Waals surface area (Å²) in [5, 5.41) is 9.06. The Labute approximate surface area is 99.6 Å². The van der Waals surface area contributed by atoms with Crippen LogP contribution in [0.4, 0.5) is 4.39 Å². The van der Waals surface area contributed by atoms with Crippen LogP contribution in [0.3, 0.4) is 0 Å². The Kier molecular flexibility index (Phi) is 3.32. The number of aromatic amines is 1. The van der Waals surface area contributed by atoms with Gasteiger partial charge in [-0.2, -0.15) is 0 Å². The molecule has 4 atom stereocenters. The second kappa shape index (κ2) is 4.59. The predicted molar refractivity (Wildman–Crippen MR) is 56.6 cm³/mol. The van der Waals surface area contributed by atoms with E-state index in [0.717, 1.165) is 10.6 Å². The lowest BCUT2D eigenvalue weighted by Crippen LogP contribution is -2.32. The van der Waals surface area contributed by atoms with Crippen LogP contribution in [-0.4, -0.2) is 32.5 Å². The molecule has 1 aliphatic heterocycles. The van der Waals surface area contributed by atoms with Gasteiger partial charge in [0.1, 0.15) is 18.5 Å². The van der Waals surface area contributed by atoms with Crippen molar-refractivity contribution in [3.63, 3.8) is 0 Å². The number of aliphatic hydroxyl groups excluding tert-OH is 1. The van der Waals surface area contributed by atoms with Gasteiger partial charge in [0.15, 0.2) is 5.56 Å². The molecule has 2 N–H and O–H groups in total. The second-order valence-corrected chi connectivity index (χ2v) is 4.14. The monoisotopic (exact) mass is 264 g/mol. The Balaban J connectivity index is 2.26. The van der Waals surface area contributed by atoms with Crippen molar-refractivity contribution in [3.05, 3.63) is 33.1 Å². The SMILES string of the molecule is O=c1ccn([C@H]2C[C@H](F)[C@@H](C(O)Cl)O2)c(=O)[nH]1. The number of hydrogen-bond donors (Lipinski definition) is 2. The summed E-state index contributed by atoms with van der Waals surface area (Å²) in [7, 11) is 0. The van der Waals surface area contributed by atoms with E-state index in [2.05, 4.69) is 0 Å². The summed E-state index contributed by atoms with van der Waals surface area (Å²) >= 11 is 5.34. The molecule has 1 saturated heterocycles. The minimum atomic E-state index is -1.48. The third-order valence-corrected chi connectivity index (χ3v) is 2.78. The van der Waals surface area contributed by atoms with E-state index >= 15 is 0 Å². The summed E-state index contributed by atoms with van der Waals surface area (Å²) in [5.74, 6) is 0. The van der Waals surface area contributed by atoms with E-state index in [-0.39, 0.29) is 6.42 Å². The second-order valence-electron chi connectivity index (χ2n) is 3.70. The van der Waals surface area contributed by atoms with Crippen LogP contribution in [0.1, 0.15) is 12.6 Å². The summed E-state index contributed by atoms with van der Waals surface area (Å²) in [4.78, 5) is 24.3. The zero-order valence-electron chi connectivity index (χ0n) is 8.55. The van der Waals surface area contributed by atoms with Gasteiger partial charge in [-0.25, -0.2) is 9.18 Å². The zero-order chi connectivity index (χ0) is 12.6. The maximum atomic E-state index is 13.4. The number of alkyl halides is 2. The first-order valence-electron chi connectivity index (χ1n) is 4.92. The number of halogens is 2. The van der Waals surface area contributed by atoms with Crippen molar-refractivity contribution < 1.29 is 14.2 Å². The highest BCUT2D eigenvalue weighted by Gasteiger charge is 2.40. The molecule has 2 heterocycles. The molecule has 1 aliphatic rings. The first kappa shape index (κ1) is 12.3. The van der Waals surface area contributed by atoms with Crippen molar-refractivity contribution in [2.75, 3.05) is 0 Å².